The summed E-state index contributed by atoms with van der Waals surface area (Å²) < 4.78 is 5.86. The van der Waals surface area contributed by atoms with Gasteiger partial charge in [-0.15, -0.1) is 0 Å². The molecule has 3 fully saturated rings. The molecule has 18 heavy (non-hydrogen) atoms. The first-order valence-corrected chi connectivity index (χ1v) is 7.65. The molecule has 1 saturated heterocycles. The Bertz CT molecular complexity index is 299. The van der Waals surface area contributed by atoms with Gasteiger partial charge in [-0.05, 0) is 32.1 Å². The zero-order valence-electron chi connectivity index (χ0n) is 11.3. The van der Waals surface area contributed by atoms with E-state index in [0.29, 0.717) is 12.1 Å². The summed E-state index contributed by atoms with van der Waals surface area (Å²) in [4.78, 5) is 14.2. The number of aldehydes is 1. The monoisotopic (exact) mass is 251 g/mol. The lowest BCUT2D eigenvalue weighted by Gasteiger charge is -2.43. The summed E-state index contributed by atoms with van der Waals surface area (Å²) in [6, 6.07) is 0.595. The lowest BCUT2D eigenvalue weighted by atomic mass is 9.74. The quantitative estimate of drug-likeness (QED) is 0.721. The van der Waals surface area contributed by atoms with Crippen LogP contribution in [0.15, 0.2) is 0 Å². The van der Waals surface area contributed by atoms with Crippen molar-refractivity contribution >= 4 is 6.29 Å². The summed E-state index contributed by atoms with van der Waals surface area (Å²) in [6.07, 6.45) is 11.5. The van der Waals surface area contributed by atoms with Crippen LogP contribution in [0.4, 0.5) is 0 Å². The van der Waals surface area contributed by atoms with E-state index in [-0.39, 0.29) is 5.41 Å². The number of nitrogens with zero attached hydrogens (tertiary/aromatic N) is 1. The SMILES string of the molecule is O=CC1(CN2CCOC3CCCC32)CCCCC1. The lowest BCUT2D eigenvalue weighted by Crippen LogP contribution is -2.53. The van der Waals surface area contributed by atoms with Gasteiger partial charge in [-0.2, -0.15) is 0 Å². The summed E-state index contributed by atoms with van der Waals surface area (Å²) in [7, 11) is 0. The fourth-order valence-corrected chi connectivity index (χ4v) is 4.18. The second-order valence-electron chi connectivity index (χ2n) is 6.42. The fraction of sp³-hybridized carbons (Fsp3) is 0.933. The Morgan fingerprint density at radius 2 is 2.00 bits per heavy atom. The number of carbonyl (C=O) groups is 1. The van der Waals surface area contributed by atoms with Gasteiger partial charge in [0.15, 0.2) is 0 Å². The molecule has 0 radical (unpaired) electrons. The highest BCUT2D eigenvalue weighted by Crippen LogP contribution is 2.38. The molecule has 3 heteroatoms. The first kappa shape index (κ1) is 12.6. The minimum atomic E-state index is -0.0390. The molecule has 3 aliphatic rings. The first-order valence-electron chi connectivity index (χ1n) is 7.65. The molecule has 2 unspecified atom stereocenters. The molecular weight excluding hydrogens is 226 g/mol. The molecule has 2 atom stereocenters. The van der Waals surface area contributed by atoms with Crippen molar-refractivity contribution in [2.24, 2.45) is 5.41 Å². The molecule has 2 aliphatic carbocycles. The number of fused-ring (bicyclic) bond motifs is 1. The maximum absolute atomic E-state index is 11.6. The largest absolute Gasteiger partial charge is 0.375 e. The van der Waals surface area contributed by atoms with Gasteiger partial charge in [0.1, 0.15) is 6.29 Å². The van der Waals surface area contributed by atoms with Gasteiger partial charge >= 0.3 is 0 Å². The maximum atomic E-state index is 11.6. The Hall–Kier alpha value is -0.410. The molecule has 3 nitrogen and oxygen atoms in total. The summed E-state index contributed by atoms with van der Waals surface area (Å²) in [5, 5.41) is 0. The lowest BCUT2D eigenvalue weighted by molar-refractivity contribution is -0.123. The van der Waals surface area contributed by atoms with E-state index in [4.69, 9.17) is 4.74 Å². The second kappa shape index (κ2) is 5.30. The number of carbonyl (C=O) groups excluding carboxylic acids is 1. The van der Waals surface area contributed by atoms with E-state index in [1.807, 2.05) is 0 Å². The number of ether oxygens (including phenoxy) is 1. The third-order valence-electron chi connectivity index (χ3n) is 5.21. The Morgan fingerprint density at radius 1 is 1.17 bits per heavy atom. The third kappa shape index (κ3) is 2.35. The minimum Gasteiger partial charge on any atom is -0.375 e. The highest BCUT2D eigenvalue weighted by Gasteiger charge is 2.41. The topological polar surface area (TPSA) is 29.5 Å². The molecule has 0 spiro atoms. The molecule has 3 rings (SSSR count). The number of hydrogen-bond acceptors (Lipinski definition) is 3. The van der Waals surface area contributed by atoms with Gasteiger partial charge in [0, 0.05) is 24.5 Å². The van der Waals surface area contributed by atoms with Crippen LogP contribution in [0.25, 0.3) is 0 Å². The zero-order chi connectivity index (χ0) is 12.4. The Morgan fingerprint density at radius 3 is 2.78 bits per heavy atom. The van der Waals surface area contributed by atoms with Gasteiger partial charge in [0.2, 0.25) is 0 Å². The van der Waals surface area contributed by atoms with Crippen LogP contribution < -0.4 is 0 Å². The standard InChI is InChI=1S/C15H25NO2/c17-12-15(7-2-1-3-8-15)11-16-9-10-18-14-6-4-5-13(14)16/h12-14H,1-11H2. The smallest absolute Gasteiger partial charge is 0.127 e. The predicted octanol–water partition coefficient (Wildman–Crippen LogP) is 2.39. The molecule has 1 aliphatic heterocycles. The van der Waals surface area contributed by atoms with Crippen molar-refractivity contribution in [3.63, 3.8) is 0 Å². The van der Waals surface area contributed by atoms with Crippen molar-refractivity contribution in [1.29, 1.82) is 0 Å². The summed E-state index contributed by atoms with van der Waals surface area (Å²) in [5.41, 5.74) is -0.0390. The van der Waals surface area contributed by atoms with Crippen LogP contribution >= 0.6 is 0 Å². The van der Waals surface area contributed by atoms with Gasteiger partial charge in [-0.25, -0.2) is 0 Å². The normalized spacial score (nSPS) is 36.2. The molecule has 0 aromatic heterocycles. The van der Waals surface area contributed by atoms with Crippen LogP contribution in [0.3, 0.4) is 0 Å². The Balaban J connectivity index is 1.68. The van der Waals surface area contributed by atoms with E-state index >= 15 is 0 Å². The molecule has 0 aromatic carbocycles. The van der Waals surface area contributed by atoms with Gasteiger partial charge < -0.3 is 9.53 Å². The second-order valence-corrected chi connectivity index (χ2v) is 6.42. The van der Waals surface area contributed by atoms with Crippen molar-refractivity contribution in [3.8, 4) is 0 Å². The molecule has 0 amide bonds. The van der Waals surface area contributed by atoms with Crippen molar-refractivity contribution in [1.82, 2.24) is 4.90 Å². The van der Waals surface area contributed by atoms with E-state index in [0.717, 1.165) is 32.5 Å². The average molecular weight is 251 g/mol. The van der Waals surface area contributed by atoms with Crippen molar-refractivity contribution in [2.75, 3.05) is 19.7 Å². The Kier molecular flexibility index (Phi) is 3.71. The van der Waals surface area contributed by atoms with E-state index < -0.39 is 0 Å². The van der Waals surface area contributed by atoms with Crippen molar-refractivity contribution < 1.29 is 9.53 Å². The highest BCUT2D eigenvalue weighted by molar-refractivity contribution is 5.60. The van der Waals surface area contributed by atoms with Gasteiger partial charge in [0.25, 0.3) is 0 Å². The molecule has 0 bridgehead atoms. The third-order valence-corrected chi connectivity index (χ3v) is 5.21. The van der Waals surface area contributed by atoms with Crippen molar-refractivity contribution in [2.45, 2.75) is 63.5 Å². The Labute approximate surface area is 110 Å². The van der Waals surface area contributed by atoms with Crippen LogP contribution in [0.5, 0.6) is 0 Å². The van der Waals surface area contributed by atoms with Crippen LogP contribution in [0.1, 0.15) is 51.4 Å². The number of rotatable bonds is 3. The minimum absolute atomic E-state index is 0.0390. The van der Waals surface area contributed by atoms with E-state index in [1.54, 1.807) is 0 Å². The molecular formula is C15H25NO2. The van der Waals surface area contributed by atoms with Crippen LogP contribution in [0.2, 0.25) is 0 Å². The van der Waals surface area contributed by atoms with Crippen LogP contribution in [-0.2, 0) is 9.53 Å². The van der Waals surface area contributed by atoms with Crippen molar-refractivity contribution in [3.05, 3.63) is 0 Å². The first-order chi connectivity index (χ1) is 8.83. The molecule has 1 heterocycles. The summed E-state index contributed by atoms with van der Waals surface area (Å²) >= 11 is 0. The van der Waals surface area contributed by atoms with E-state index in [9.17, 15) is 4.79 Å². The molecule has 0 aromatic rings. The van der Waals surface area contributed by atoms with Gasteiger partial charge in [-0.3, -0.25) is 4.90 Å². The van der Waals surface area contributed by atoms with E-state index in [2.05, 4.69) is 4.90 Å². The van der Waals surface area contributed by atoms with Crippen LogP contribution in [-0.4, -0.2) is 43.0 Å². The highest BCUT2D eigenvalue weighted by atomic mass is 16.5. The molecule has 102 valence electrons. The summed E-state index contributed by atoms with van der Waals surface area (Å²) in [5.74, 6) is 0. The molecule has 2 saturated carbocycles. The molecule has 0 N–H and O–H groups in total. The predicted molar refractivity (Wildman–Crippen MR) is 70.5 cm³/mol. The van der Waals surface area contributed by atoms with Gasteiger partial charge in [-0.1, -0.05) is 19.3 Å². The van der Waals surface area contributed by atoms with E-state index in [1.165, 1.54) is 44.8 Å². The van der Waals surface area contributed by atoms with Crippen LogP contribution in [0, 0.1) is 5.41 Å². The zero-order valence-corrected chi connectivity index (χ0v) is 11.3. The summed E-state index contributed by atoms with van der Waals surface area (Å²) in [6.45, 7) is 2.87. The van der Waals surface area contributed by atoms with Gasteiger partial charge in [0.05, 0.1) is 12.7 Å². The number of morpholine rings is 1. The number of hydrogen-bond donors (Lipinski definition) is 0. The average Bonchev–Trinajstić information content (AvgIpc) is 2.89. The fourth-order valence-electron chi connectivity index (χ4n) is 4.18. The maximum Gasteiger partial charge on any atom is 0.127 e.